The molecule has 0 radical (unpaired) electrons. The van der Waals surface area contributed by atoms with Crippen molar-refractivity contribution in [1.29, 1.82) is 0 Å². The third kappa shape index (κ3) is 2.82. The summed E-state index contributed by atoms with van der Waals surface area (Å²) in [6.45, 7) is 6.65. The summed E-state index contributed by atoms with van der Waals surface area (Å²) in [6, 6.07) is 8.56. The van der Waals surface area contributed by atoms with Gasteiger partial charge >= 0.3 is 0 Å². The van der Waals surface area contributed by atoms with Crippen molar-refractivity contribution in [2.75, 3.05) is 13.1 Å². The minimum atomic E-state index is 0.202. The maximum Gasteiger partial charge on any atom is 0.0514 e. The molecule has 1 aromatic carbocycles. The summed E-state index contributed by atoms with van der Waals surface area (Å²) in [5, 5.41) is 0.837. The van der Waals surface area contributed by atoms with E-state index in [-0.39, 0.29) is 12.1 Å². The lowest BCUT2D eigenvalue weighted by Gasteiger charge is -2.29. The van der Waals surface area contributed by atoms with Gasteiger partial charge in [-0.1, -0.05) is 43.6 Å². The average molecular weight is 253 g/mol. The van der Waals surface area contributed by atoms with E-state index in [9.17, 15) is 0 Å². The van der Waals surface area contributed by atoms with Crippen LogP contribution < -0.4 is 5.73 Å². The summed E-state index contributed by atoms with van der Waals surface area (Å²) in [5.41, 5.74) is 7.43. The minimum absolute atomic E-state index is 0.202. The molecule has 0 bridgehead atoms. The number of hydrogen-bond acceptors (Lipinski definition) is 2. The Morgan fingerprint density at radius 3 is 2.76 bits per heavy atom. The molecule has 17 heavy (non-hydrogen) atoms. The molecule has 1 saturated heterocycles. The van der Waals surface area contributed by atoms with Crippen molar-refractivity contribution in [1.82, 2.24) is 4.90 Å². The first-order valence-electron chi connectivity index (χ1n) is 6.33. The molecule has 2 nitrogen and oxygen atoms in total. The Labute approximate surface area is 109 Å². The second kappa shape index (κ2) is 5.38. The van der Waals surface area contributed by atoms with E-state index in [1.54, 1.807) is 0 Å². The third-order valence-corrected chi connectivity index (χ3v) is 3.72. The van der Waals surface area contributed by atoms with Crippen molar-refractivity contribution in [2.45, 2.75) is 32.4 Å². The Morgan fingerprint density at radius 1 is 1.41 bits per heavy atom. The molecule has 94 valence electrons. The van der Waals surface area contributed by atoms with Gasteiger partial charge in [0.1, 0.15) is 0 Å². The number of nitrogens with zero attached hydrogens (tertiary/aromatic N) is 1. The van der Waals surface area contributed by atoms with Crippen LogP contribution in [-0.2, 0) is 0 Å². The van der Waals surface area contributed by atoms with Crippen LogP contribution in [0.3, 0.4) is 0 Å². The van der Waals surface area contributed by atoms with Crippen LogP contribution in [-0.4, -0.2) is 24.0 Å². The molecule has 2 unspecified atom stereocenters. The largest absolute Gasteiger partial charge is 0.326 e. The summed E-state index contributed by atoms with van der Waals surface area (Å²) in [5.74, 6) is 0.658. The summed E-state index contributed by atoms with van der Waals surface area (Å²) < 4.78 is 0. The second-order valence-electron chi connectivity index (χ2n) is 5.31. The van der Waals surface area contributed by atoms with Crippen molar-refractivity contribution in [3.05, 3.63) is 34.9 Å². The second-order valence-corrected chi connectivity index (χ2v) is 5.71. The van der Waals surface area contributed by atoms with Gasteiger partial charge in [-0.25, -0.2) is 0 Å². The minimum Gasteiger partial charge on any atom is -0.326 e. The van der Waals surface area contributed by atoms with Gasteiger partial charge in [-0.3, -0.25) is 4.90 Å². The van der Waals surface area contributed by atoms with Crippen LogP contribution in [0.1, 0.15) is 31.9 Å². The Balaban J connectivity index is 2.24. The van der Waals surface area contributed by atoms with Crippen LogP contribution in [0, 0.1) is 5.92 Å². The van der Waals surface area contributed by atoms with E-state index in [1.165, 1.54) is 5.56 Å². The van der Waals surface area contributed by atoms with Gasteiger partial charge in [0.2, 0.25) is 0 Å². The molecule has 1 fully saturated rings. The Morgan fingerprint density at radius 2 is 2.12 bits per heavy atom. The van der Waals surface area contributed by atoms with Crippen molar-refractivity contribution >= 4 is 11.6 Å². The molecule has 0 amide bonds. The van der Waals surface area contributed by atoms with E-state index < -0.39 is 0 Å². The number of halogens is 1. The number of hydrogen-bond donors (Lipinski definition) is 1. The topological polar surface area (TPSA) is 29.3 Å². The fourth-order valence-corrected chi connectivity index (χ4v) is 2.95. The van der Waals surface area contributed by atoms with Gasteiger partial charge < -0.3 is 5.73 Å². The molecule has 0 aromatic heterocycles. The molecule has 0 saturated carbocycles. The maximum absolute atomic E-state index is 6.29. The summed E-state index contributed by atoms with van der Waals surface area (Å²) in [6.07, 6.45) is 1.06. The van der Waals surface area contributed by atoms with Gasteiger partial charge in [0, 0.05) is 24.2 Å². The highest BCUT2D eigenvalue weighted by Crippen LogP contribution is 2.35. The fraction of sp³-hybridized carbons (Fsp3) is 0.571. The van der Waals surface area contributed by atoms with E-state index in [0.29, 0.717) is 5.92 Å². The van der Waals surface area contributed by atoms with Gasteiger partial charge in [0.15, 0.2) is 0 Å². The summed E-state index contributed by atoms with van der Waals surface area (Å²) in [7, 11) is 0. The third-order valence-electron chi connectivity index (χ3n) is 3.37. The molecule has 2 N–H and O–H groups in total. The summed E-state index contributed by atoms with van der Waals surface area (Å²) in [4.78, 5) is 2.47. The van der Waals surface area contributed by atoms with E-state index in [2.05, 4.69) is 24.8 Å². The molecular weight excluding hydrogens is 232 g/mol. The molecule has 0 aliphatic carbocycles. The van der Waals surface area contributed by atoms with Crippen LogP contribution >= 0.6 is 11.6 Å². The number of rotatable bonds is 3. The first-order valence-corrected chi connectivity index (χ1v) is 6.71. The summed E-state index contributed by atoms with van der Waals surface area (Å²) >= 11 is 6.29. The van der Waals surface area contributed by atoms with Crippen molar-refractivity contribution in [2.24, 2.45) is 11.7 Å². The standard InChI is InChI=1S/C14H21ClN2/c1-10(2)9-17-8-7-13(16)14(17)11-5-3-4-6-12(11)15/h3-6,10,13-14H,7-9,16H2,1-2H3. The predicted octanol–water partition coefficient (Wildman–Crippen LogP) is 3.07. The molecule has 1 aliphatic heterocycles. The predicted molar refractivity (Wildman–Crippen MR) is 73.2 cm³/mol. The molecule has 1 aliphatic rings. The van der Waals surface area contributed by atoms with Gasteiger partial charge in [-0.05, 0) is 24.0 Å². The highest BCUT2D eigenvalue weighted by atomic mass is 35.5. The number of likely N-dealkylation sites (tertiary alicyclic amines) is 1. The lowest BCUT2D eigenvalue weighted by atomic mass is 10.00. The van der Waals surface area contributed by atoms with Crippen molar-refractivity contribution in [3.8, 4) is 0 Å². The molecule has 0 spiro atoms. The van der Waals surface area contributed by atoms with Crippen LogP contribution in [0.5, 0.6) is 0 Å². The smallest absolute Gasteiger partial charge is 0.0514 e. The fourth-order valence-electron chi connectivity index (χ4n) is 2.70. The van der Waals surface area contributed by atoms with Crippen molar-refractivity contribution in [3.63, 3.8) is 0 Å². The molecule has 1 heterocycles. The molecule has 2 rings (SSSR count). The normalized spacial score (nSPS) is 25.7. The lowest BCUT2D eigenvalue weighted by molar-refractivity contribution is 0.221. The van der Waals surface area contributed by atoms with Crippen LogP contribution in [0.2, 0.25) is 5.02 Å². The van der Waals surface area contributed by atoms with E-state index >= 15 is 0 Å². The monoisotopic (exact) mass is 252 g/mol. The Bertz CT molecular complexity index is 378. The van der Waals surface area contributed by atoms with Gasteiger partial charge in [0.05, 0.1) is 6.04 Å². The van der Waals surface area contributed by atoms with Gasteiger partial charge in [-0.2, -0.15) is 0 Å². The number of nitrogens with two attached hydrogens (primary N) is 1. The average Bonchev–Trinajstić information content (AvgIpc) is 2.60. The zero-order valence-corrected chi connectivity index (χ0v) is 11.3. The van der Waals surface area contributed by atoms with Gasteiger partial charge in [-0.15, -0.1) is 0 Å². The highest BCUT2D eigenvalue weighted by molar-refractivity contribution is 6.31. The van der Waals surface area contributed by atoms with Crippen LogP contribution in [0.25, 0.3) is 0 Å². The molecular formula is C14H21ClN2. The SMILES string of the molecule is CC(C)CN1CCC(N)C1c1ccccc1Cl. The van der Waals surface area contributed by atoms with E-state index in [0.717, 1.165) is 24.5 Å². The quantitative estimate of drug-likeness (QED) is 0.896. The van der Waals surface area contributed by atoms with Crippen LogP contribution in [0.15, 0.2) is 24.3 Å². The van der Waals surface area contributed by atoms with E-state index in [1.807, 2.05) is 18.2 Å². The Kier molecular flexibility index (Phi) is 4.08. The highest BCUT2D eigenvalue weighted by Gasteiger charge is 2.33. The van der Waals surface area contributed by atoms with Crippen molar-refractivity contribution < 1.29 is 0 Å². The van der Waals surface area contributed by atoms with E-state index in [4.69, 9.17) is 17.3 Å². The molecule has 2 atom stereocenters. The molecule has 3 heteroatoms. The first kappa shape index (κ1) is 12.9. The number of benzene rings is 1. The Hall–Kier alpha value is -0.570. The van der Waals surface area contributed by atoms with Crippen LogP contribution in [0.4, 0.5) is 0 Å². The maximum atomic E-state index is 6.29. The lowest BCUT2D eigenvalue weighted by Crippen LogP contribution is -2.34. The first-order chi connectivity index (χ1) is 8.09. The van der Waals surface area contributed by atoms with Gasteiger partial charge in [0.25, 0.3) is 0 Å². The molecule has 1 aromatic rings. The zero-order chi connectivity index (χ0) is 12.4. The zero-order valence-electron chi connectivity index (χ0n) is 10.6.